The SMILES string of the molecule is CC(C)C(NS(=O)(=O)c1nnc(NC(=O)c2ccccc2)s1)C(C)C. The van der Waals surface area contributed by atoms with Crippen LogP contribution in [0.2, 0.25) is 0 Å². The predicted molar refractivity (Wildman–Crippen MR) is 98.1 cm³/mol. The van der Waals surface area contributed by atoms with Gasteiger partial charge in [-0.05, 0) is 24.0 Å². The molecule has 0 saturated heterocycles. The first-order valence-corrected chi connectivity index (χ1v) is 10.2. The van der Waals surface area contributed by atoms with Crippen molar-refractivity contribution in [3.63, 3.8) is 0 Å². The van der Waals surface area contributed by atoms with Gasteiger partial charge in [-0.15, -0.1) is 10.2 Å². The van der Waals surface area contributed by atoms with Crippen LogP contribution in [0, 0.1) is 11.8 Å². The van der Waals surface area contributed by atoms with Crippen molar-refractivity contribution in [3.05, 3.63) is 35.9 Å². The lowest BCUT2D eigenvalue weighted by atomic mass is 9.94. The van der Waals surface area contributed by atoms with E-state index in [0.717, 1.165) is 11.3 Å². The number of anilines is 1. The molecule has 7 nitrogen and oxygen atoms in total. The minimum absolute atomic E-state index is 0.139. The van der Waals surface area contributed by atoms with Gasteiger partial charge in [-0.2, -0.15) is 0 Å². The second-order valence-corrected chi connectivity index (χ2v) is 9.19. The number of amides is 1. The van der Waals surface area contributed by atoms with E-state index in [1.165, 1.54) is 0 Å². The molecule has 0 unspecified atom stereocenters. The van der Waals surface area contributed by atoms with Crippen molar-refractivity contribution in [2.45, 2.75) is 38.1 Å². The zero-order valence-electron chi connectivity index (χ0n) is 14.6. The smallest absolute Gasteiger partial charge is 0.270 e. The molecule has 136 valence electrons. The van der Waals surface area contributed by atoms with Crippen molar-refractivity contribution in [1.82, 2.24) is 14.9 Å². The van der Waals surface area contributed by atoms with Crippen molar-refractivity contribution in [2.75, 3.05) is 5.32 Å². The van der Waals surface area contributed by atoms with E-state index >= 15 is 0 Å². The average Bonchev–Trinajstić information content (AvgIpc) is 3.02. The molecule has 0 bridgehead atoms. The van der Waals surface area contributed by atoms with E-state index in [2.05, 4.69) is 20.2 Å². The number of nitrogens with zero attached hydrogens (tertiary/aromatic N) is 2. The monoisotopic (exact) mass is 382 g/mol. The minimum Gasteiger partial charge on any atom is -0.296 e. The molecule has 2 rings (SSSR count). The Hall–Kier alpha value is -1.84. The predicted octanol–water partition coefficient (Wildman–Crippen LogP) is 2.75. The maximum Gasteiger partial charge on any atom is 0.270 e. The highest BCUT2D eigenvalue weighted by atomic mass is 32.2. The molecule has 0 atom stereocenters. The molecule has 0 fully saturated rings. The number of rotatable bonds is 7. The Kier molecular flexibility index (Phi) is 6.26. The molecular formula is C16H22N4O3S2. The Bertz CT molecular complexity index is 809. The molecule has 0 aliphatic rings. The van der Waals surface area contributed by atoms with Gasteiger partial charge in [-0.1, -0.05) is 57.2 Å². The van der Waals surface area contributed by atoms with E-state index < -0.39 is 10.0 Å². The summed E-state index contributed by atoms with van der Waals surface area (Å²) in [6.07, 6.45) is 0. The van der Waals surface area contributed by atoms with Gasteiger partial charge in [0.25, 0.3) is 15.9 Å². The van der Waals surface area contributed by atoms with Gasteiger partial charge in [0.2, 0.25) is 9.47 Å². The lowest BCUT2D eigenvalue weighted by Crippen LogP contribution is -2.42. The van der Waals surface area contributed by atoms with Crippen LogP contribution in [0.15, 0.2) is 34.7 Å². The van der Waals surface area contributed by atoms with Gasteiger partial charge < -0.3 is 0 Å². The third-order valence-corrected chi connectivity index (χ3v) is 6.29. The number of nitrogens with one attached hydrogen (secondary N) is 2. The molecule has 9 heteroatoms. The summed E-state index contributed by atoms with van der Waals surface area (Å²) >= 11 is 0.824. The number of sulfonamides is 1. The molecule has 2 aromatic rings. The van der Waals surface area contributed by atoms with Crippen LogP contribution < -0.4 is 10.0 Å². The molecule has 1 aromatic carbocycles. The van der Waals surface area contributed by atoms with E-state index in [1.54, 1.807) is 30.3 Å². The van der Waals surface area contributed by atoms with Crippen molar-refractivity contribution < 1.29 is 13.2 Å². The lowest BCUT2D eigenvalue weighted by molar-refractivity contribution is 0.102. The summed E-state index contributed by atoms with van der Waals surface area (Å²) in [6, 6.07) is 8.39. The Balaban J connectivity index is 2.13. The Morgan fingerprint density at radius 1 is 1.04 bits per heavy atom. The molecule has 0 radical (unpaired) electrons. The summed E-state index contributed by atoms with van der Waals surface area (Å²) < 4.78 is 27.5. The standard InChI is InChI=1S/C16H22N4O3S2/c1-10(2)13(11(3)4)20-25(22,23)16-19-18-15(24-16)17-14(21)12-8-6-5-7-9-12/h5-11,13,20H,1-4H3,(H,17,18,21). The number of carbonyl (C=O) groups excluding carboxylic acids is 1. The highest BCUT2D eigenvalue weighted by Gasteiger charge is 2.28. The topological polar surface area (TPSA) is 101 Å². The van der Waals surface area contributed by atoms with E-state index in [1.807, 2.05) is 27.7 Å². The van der Waals surface area contributed by atoms with Crippen LogP contribution in [0.4, 0.5) is 5.13 Å². The van der Waals surface area contributed by atoms with Crippen molar-refractivity contribution in [2.24, 2.45) is 11.8 Å². The Labute approximate surface area is 151 Å². The quantitative estimate of drug-likeness (QED) is 0.717. The number of aromatic nitrogens is 2. The molecule has 2 N–H and O–H groups in total. The van der Waals surface area contributed by atoms with Crippen LogP contribution in [0.5, 0.6) is 0 Å². The van der Waals surface area contributed by atoms with Crippen molar-refractivity contribution >= 4 is 32.4 Å². The molecule has 0 aliphatic heterocycles. The largest absolute Gasteiger partial charge is 0.296 e. The minimum atomic E-state index is -3.79. The van der Waals surface area contributed by atoms with Gasteiger partial charge in [-0.25, -0.2) is 13.1 Å². The molecule has 0 saturated carbocycles. The zero-order chi connectivity index (χ0) is 18.6. The lowest BCUT2D eigenvalue weighted by Gasteiger charge is -2.24. The van der Waals surface area contributed by atoms with Gasteiger partial charge in [0.15, 0.2) is 0 Å². The number of hydrogen-bond donors (Lipinski definition) is 2. The van der Waals surface area contributed by atoms with Crippen LogP contribution in [-0.2, 0) is 10.0 Å². The number of carbonyl (C=O) groups is 1. The molecule has 0 aliphatic carbocycles. The van der Waals surface area contributed by atoms with Crippen molar-refractivity contribution in [1.29, 1.82) is 0 Å². The Morgan fingerprint density at radius 2 is 1.64 bits per heavy atom. The average molecular weight is 383 g/mol. The van der Waals surface area contributed by atoms with Crippen LogP contribution >= 0.6 is 11.3 Å². The number of hydrogen-bond acceptors (Lipinski definition) is 6. The summed E-state index contributed by atoms with van der Waals surface area (Å²) in [5.41, 5.74) is 0.458. The first kappa shape index (κ1) is 19.5. The van der Waals surface area contributed by atoms with Crippen LogP contribution in [0.25, 0.3) is 0 Å². The van der Waals surface area contributed by atoms with E-state index in [-0.39, 0.29) is 33.3 Å². The molecule has 1 aromatic heterocycles. The zero-order valence-corrected chi connectivity index (χ0v) is 16.2. The molecule has 0 spiro atoms. The molecule has 1 amide bonds. The van der Waals surface area contributed by atoms with Crippen LogP contribution in [0.3, 0.4) is 0 Å². The van der Waals surface area contributed by atoms with E-state index in [0.29, 0.717) is 5.56 Å². The van der Waals surface area contributed by atoms with Gasteiger partial charge in [0, 0.05) is 11.6 Å². The third kappa shape index (κ3) is 5.07. The summed E-state index contributed by atoms with van der Waals surface area (Å²) in [7, 11) is -3.79. The summed E-state index contributed by atoms with van der Waals surface area (Å²) in [6.45, 7) is 7.83. The second-order valence-electron chi connectivity index (χ2n) is 6.33. The highest BCUT2D eigenvalue weighted by molar-refractivity contribution is 7.91. The van der Waals surface area contributed by atoms with Gasteiger partial charge >= 0.3 is 0 Å². The summed E-state index contributed by atoms with van der Waals surface area (Å²) in [5.74, 6) is -0.0872. The highest BCUT2D eigenvalue weighted by Crippen LogP contribution is 2.22. The molecule has 25 heavy (non-hydrogen) atoms. The third-order valence-electron chi connectivity index (χ3n) is 3.62. The second kappa shape index (κ2) is 8.03. The molecular weight excluding hydrogens is 360 g/mol. The van der Waals surface area contributed by atoms with E-state index in [4.69, 9.17) is 0 Å². The summed E-state index contributed by atoms with van der Waals surface area (Å²) in [4.78, 5) is 12.1. The maximum atomic E-state index is 12.5. The summed E-state index contributed by atoms with van der Waals surface area (Å²) in [5, 5.41) is 10.2. The molecule has 1 heterocycles. The first-order chi connectivity index (χ1) is 11.7. The number of benzene rings is 1. The fourth-order valence-electron chi connectivity index (χ4n) is 2.40. The van der Waals surface area contributed by atoms with Gasteiger partial charge in [0.1, 0.15) is 0 Å². The normalized spacial score (nSPS) is 12.1. The fraction of sp³-hybridized carbons (Fsp3) is 0.438. The van der Waals surface area contributed by atoms with Crippen LogP contribution in [0.1, 0.15) is 38.1 Å². The Morgan fingerprint density at radius 3 is 2.20 bits per heavy atom. The van der Waals surface area contributed by atoms with Gasteiger partial charge in [0.05, 0.1) is 0 Å². The van der Waals surface area contributed by atoms with E-state index in [9.17, 15) is 13.2 Å². The van der Waals surface area contributed by atoms with Crippen molar-refractivity contribution in [3.8, 4) is 0 Å². The van der Waals surface area contributed by atoms with Crippen LogP contribution in [-0.4, -0.2) is 30.6 Å². The fourth-order valence-corrected chi connectivity index (χ4v) is 4.84. The van der Waals surface area contributed by atoms with Gasteiger partial charge in [-0.3, -0.25) is 10.1 Å². The maximum absolute atomic E-state index is 12.5. The first-order valence-electron chi connectivity index (χ1n) is 7.93.